The Hall–Kier alpha value is -2.27. The van der Waals surface area contributed by atoms with Gasteiger partial charge in [-0.15, -0.1) is 0 Å². The van der Waals surface area contributed by atoms with Crippen molar-refractivity contribution >= 4 is 5.69 Å². The van der Waals surface area contributed by atoms with Gasteiger partial charge in [0.15, 0.2) is 0 Å². The Morgan fingerprint density at radius 1 is 1.20 bits per heavy atom. The van der Waals surface area contributed by atoms with Crippen LogP contribution in [0.4, 0.5) is 5.69 Å². The van der Waals surface area contributed by atoms with Gasteiger partial charge < -0.3 is 20.3 Å². The van der Waals surface area contributed by atoms with Crippen LogP contribution in [0, 0.1) is 0 Å². The summed E-state index contributed by atoms with van der Waals surface area (Å²) in [6.45, 7) is 3.70. The molecule has 0 aliphatic rings. The molecule has 0 radical (unpaired) electrons. The number of nitrogens with zero attached hydrogens (tertiary/aromatic N) is 1. The maximum Gasteiger partial charge on any atom is 0.240 e. The van der Waals surface area contributed by atoms with Crippen LogP contribution in [0.5, 0.6) is 17.5 Å². The van der Waals surface area contributed by atoms with Gasteiger partial charge in [-0.25, -0.2) is 0 Å². The lowest BCUT2D eigenvalue weighted by atomic mass is 10.2. The van der Waals surface area contributed by atoms with Crippen molar-refractivity contribution in [3.8, 4) is 17.5 Å². The van der Waals surface area contributed by atoms with Gasteiger partial charge in [-0.05, 0) is 26.0 Å². The van der Waals surface area contributed by atoms with Crippen LogP contribution >= 0.6 is 0 Å². The van der Waals surface area contributed by atoms with E-state index in [1.54, 1.807) is 24.3 Å². The number of nitrogens with two attached hydrogens (primary N) is 1. The number of hydrogen-bond acceptors (Lipinski definition) is 5. The average molecular weight is 274 g/mol. The summed E-state index contributed by atoms with van der Waals surface area (Å²) in [5.41, 5.74) is 6.96. The van der Waals surface area contributed by atoms with Gasteiger partial charge in [0.1, 0.15) is 5.75 Å². The van der Waals surface area contributed by atoms with Gasteiger partial charge in [0.2, 0.25) is 11.8 Å². The van der Waals surface area contributed by atoms with E-state index in [0.29, 0.717) is 28.8 Å². The highest BCUT2D eigenvalue weighted by atomic mass is 16.5. The molecule has 0 unspecified atom stereocenters. The molecule has 0 spiro atoms. The number of anilines is 1. The van der Waals surface area contributed by atoms with E-state index in [9.17, 15) is 5.11 Å². The summed E-state index contributed by atoms with van der Waals surface area (Å²) in [5.74, 6) is 1.28. The molecule has 2 aromatic rings. The Balaban J connectivity index is 2.25. The fourth-order valence-corrected chi connectivity index (χ4v) is 1.66. The molecule has 1 aromatic heterocycles. The second-order valence-corrected chi connectivity index (χ2v) is 4.58. The topological polar surface area (TPSA) is 77.6 Å². The van der Waals surface area contributed by atoms with Gasteiger partial charge in [0, 0.05) is 11.6 Å². The van der Waals surface area contributed by atoms with E-state index < -0.39 is 0 Å². The van der Waals surface area contributed by atoms with Crippen molar-refractivity contribution in [1.82, 2.24) is 4.98 Å². The van der Waals surface area contributed by atoms with Gasteiger partial charge in [-0.3, -0.25) is 0 Å². The molecule has 0 aliphatic heterocycles. The zero-order chi connectivity index (χ0) is 14.5. The molecule has 0 fully saturated rings. The second-order valence-electron chi connectivity index (χ2n) is 4.58. The van der Waals surface area contributed by atoms with Crippen molar-refractivity contribution in [3.05, 3.63) is 42.0 Å². The maximum atomic E-state index is 9.27. The number of rotatable bonds is 5. The minimum Gasteiger partial charge on any atom is -0.473 e. The van der Waals surface area contributed by atoms with Crippen LogP contribution in [0.15, 0.2) is 36.4 Å². The first-order valence-corrected chi connectivity index (χ1v) is 6.40. The molecule has 3 N–H and O–H groups in total. The molecule has 5 heteroatoms. The zero-order valence-corrected chi connectivity index (χ0v) is 11.5. The fraction of sp³-hybridized carbons (Fsp3) is 0.267. The molecule has 2 rings (SSSR count). The average Bonchev–Trinajstić information content (AvgIpc) is 2.42. The van der Waals surface area contributed by atoms with Crippen LogP contribution in [0.25, 0.3) is 0 Å². The Morgan fingerprint density at radius 2 is 1.95 bits per heavy atom. The standard InChI is InChI=1S/C15H18N2O3/c1-10(2)19-15-12(16)7-8-14(17-15)20-13-6-4-3-5-11(13)9-18/h3-8,10,18H,9,16H2,1-2H3. The van der Waals surface area contributed by atoms with Crippen LogP contribution < -0.4 is 15.2 Å². The Labute approximate surface area is 118 Å². The van der Waals surface area contributed by atoms with Crippen molar-refractivity contribution in [2.24, 2.45) is 0 Å². The summed E-state index contributed by atoms with van der Waals surface area (Å²) in [4.78, 5) is 4.23. The van der Waals surface area contributed by atoms with Gasteiger partial charge in [0.25, 0.3) is 0 Å². The molecule has 106 valence electrons. The molecule has 0 bridgehead atoms. The normalized spacial score (nSPS) is 10.6. The van der Waals surface area contributed by atoms with Crippen molar-refractivity contribution in [2.45, 2.75) is 26.6 Å². The minimum absolute atomic E-state index is 0.0234. The van der Waals surface area contributed by atoms with Crippen molar-refractivity contribution < 1.29 is 14.6 Å². The molecule has 0 atom stereocenters. The number of aliphatic hydroxyl groups is 1. The number of pyridine rings is 1. The lowest BCUT2D eigenvalue weighted by Crippen LogP contribution is -2.09. The molecular weight excluding hydrogens is 256 g/mol. The number of benzene rings is 1. The number of aromatic nitrogens is 1. The number of para-hydroxylation sites is 1. The molecule has 0 amide bonds. The lowest BCUT2D eigenvalue weighted by Gasteiger charge is -2.13. The van der Waals surface area contributed by atoms with E-state index in [0.717, 1.165) is 0 Å². The SMILES string of the molecule is CC(C)Oc1nc(Oc2ccccc2CO)ccc1N. The van der Waals surface area contributed by atoms with E-state index in [1.165, 1.54) is 0 Å². The first-order valence-electron chi connectivity index (χ1n) is 6.40. The lowest BCUT2D eigenvalue weighted by molar-refractivity contribution is 0.231. The maximum absolute atomic E-state index is 9.27. The molecule has 0 saturated carbocycles. The molecule has 1 heterocycles. The largest absolute Gasteiger partial charge is 0.473 e. The van der Waals surface area contributed by atoms with E-state index in [-0.39, 0.29) is 12.7 Å². The third-order valence-corrected chi connectivity index (χ3v) is 2.57. The van der Waals surface area contributed by atoms with Crippen molar-refractivity contribution in [1.29, 1.82) is 0 Å². The van der Waals surface area contributed by atoms with Gasteiger partial charge in [-0.2, -0.15) is 4.98 Å². The molecule has 0 aliphatic carbocycles. The van der Waals surface area contributed by atoms with Crippen LogP contribution in [-0.4, -0.2) is 16.2 Å². The highest BCUT2D eigenvalue weighted by Gasteiger charge is 2.09. The predicted octanol–water partition coefficient (Wildman–Crippen LogP) is 2.74. The van der Waals surface area contributed by atoms with Crippen LogP contribution in [-0.2, 0) is 6.61 Å². The molecule has 0 saturated heterocycles. The van der Waals surface area contributed by atoms with Crippen molar-refractivity contribution in [3.63, 3.8) is 0 Å². The minimum atomic E-state index is -0.0967. The van der Waals surface area contributed by atoms with Crippen LogP contribution in [0.2, 0.25) is 0 Å². The molecule has 20 heavy (non-hydrogen) atoms. The monoisotopic (exact) mass is 274 g/mol. The van der Waals surface area contributed by atoms with Gasteiger partial charge >= 0.3 is 0 Å². The van der Waals surface area contributed by atoms with E-state index in [1.807, 2.05) is 26.0 Å². The first-order chi connectivity index (χ1) is 9.60. The number of aliphatic hydroxyl groups excluding tert-OH is 1. The summed E-state index contributed by atoms with van der Waals surface area (Å²) in [6.07, 6.45) is -0.0234. The van der Waals surface area contributed by atoms with Crippen LogP contribution in [0.1, 0.15) is 19.4 Å². The summed E-state index contributed by atoms with van der Waals surface area (Å²) in [5, 5.41) is 9.27. The van der Waals surface area contributed by atoms with Gasteiger partial charge in [-0.1, -0.05) is 18.2 Å². The van der Waals surface area contributed by atoms with E-state index in [4.69, 9.17) is 15.2 Å². The highest BCUT2D eigenvalue weighted by molar-refractivity contribution is 5.50. The highest BCUT2D eigenvalue weighted by Crippen LogP contribution is 2.28. The summed E-state index contributed by atoms with van der Waals surface area (Å²) < 4.78 is 11.2. The van der Waals surface area contributed by atoms with Gasteiger partial charge in [0.05, 0.1) is 18.4 Å². The Morgan fingerprint density at radius 3 is 2.65 bits per heavy atom. The third kappa shape index (κ3) is 3.39. The zero-order valence-electron chi connectivity index (χ0n) is 11.5. The molecule has 5 nitrogen and oxygen atoms in total. The summed E-state index contributed by atoms with van der Waals surface area (Å²) in [7, 11) is 0. The predicted molar refractivity (Wildman–Crippen MR) is 76.9 cm³/mol. The van der Waals surface area contributed by atoms with Crippen LogP contribution in [0.3, 0.4) is 0 Å². The summed E-state index contributed by atoms with van der Waals surface area (Å²) in [6, 6.07) is 10.6. The Kier molecular flexibility index (Phi) is 4.42. The van der Waals surface area contributed by atoms with Crippen molar-refractivity contribution in [2.75, 3.05) is 5.73 Å². The van der Waals surface area contributed by atoms with E-state index >= 15 is 0 Å². The summed E-state index contributed by atoms with van der Waals surface area (Å²) >= 11 is 0. The van der Waals surface area contributed by atoms with E-state index in [2.05, 4.69) is 4.98 Å². The fourth-order valence-electron chi connectivity index (χ4n) is 1.66. The number of hydrogen-bond donors (Lipinski definition) is 2. The number of nitrogen functional groups attached to an aromatic ring is 1. The quantitative estimate of drug-likeness (QED) is 0.876. The smallest absolute Gasteiger partial charge is 0.240 e. The second kappa shape index (κ2) is 6.25. The molecular formula is C15H18N2O3. The Bertz CT molecular complexity index is 585. The first kappa shape index (κ1) is 14.1. The number of ether oxygens (including phenoxy) is 2. The third-order valence-electron chi connectivity index (χ3n) is 2.57. The molecule has 1 aromatic carbocycles.